The van der Waals surface area contributed by atoms with E-state index >= 15 is 0 Å². The maximum Gasteiger partial charge on any atom is 0.323 e. The van der Waals surface area contributed by atoms with Gasteiger partial charge < -0.3 is 24.6 Å². The number of piperidine rings is 1. The number of hydrogen-bond acceptors (Lipinski definition) is 8. The van der Waals surface area contributed by atoms with Crippen LogP contribution in [0.3, 0.4) is 0 Å². The van der Waals surface area contributed by atoms with Crippen LogP contribution in [0, 0.1) is 0 Å². The Bertz CT molecular complexity index is 537. The first-order chi connectivity index (χ1) is 12.2. The molecule has 138 valence electrons. The summed E-state index contributed by atoms with van der Waals surface area (Å²) in [5.41, 5.74) is 0. The summed E-state index contributed by atoms with van der Waals surface area (Å²) >= 11 is 0. The predicted molar refractivity (Wildman–Crippen MR) is 93.1 cm³/mol. The molecule has 3 heterocycles. The second kappa shape index (κ2) is 8.80. The quantitative estimate of drug-likeness (QED) is 0.728. The van der Waals surface area contributed by atoms with Crippen molar-refractivity contribution >= 4 is 17.8 Å². The minimum Gasteiger partial charge on any atom is -0.461 e. The average molecular weight is 350 g/mol. The minimum absolute atomic E-state index is 0.0812. The Morgan fingerprint density at radius 1 is 1.04 bits per heavy atom. The highest BCUT2D eigenvalue weighted by Gasteiger charge is 2.20. The number of ether oxygens (including phenoxy) is 2. The van der Waals surface area contributed by atoms with E-state index in [1.807, 2.05) is 0 Å². The topological polar surface area (TPSA) is 92.7 Å². The predicted octanol–water partition coefficient (Wildman–Crippen LogP) is 0.213. The monoisotopic (exact) mass is 350 g/mol. The van der Waals surface area contributed by atoms with Crippen LogP contribution >= 0.6 is 0 Å². The van der Waals surface area contributed by atoms with Gasteiger partial charge in [0.25, 0.3) is 0 Å². The third-order valence-electron chi connectivity index (χ3n) is 4.23. The van der Waals surface area contributed by atoms with E-state index < -0.39 is 0 Å². The van der Waals surface area contributed by atoms with Crippen molar-refractivity contribution in [2.24, 2.45) is 0 Å². The van der Waals surface area contributed by atoms with Crippen molar-refractivity contribution in [2.75, 3.05) is 62.3 Å². The van der Waals surface area contributed by atoms with Crippen LogP contribution in [0.15, 0.2) is 0 Å². The number of anilines is 2. The molecule has 1 aromatic heterocycles. The number of nitrogens with zero attached hydrogens (tertiary/aromatic N) is 5. The van der Waals surface area contributed by atoms with E-state index in [1.165, 1.54) is 13.3 Å². The second-order valence-corrected chi connectivity index (χ2v) is 6.20. The van der Waals surface area contributed by atoms with E-state index in [9.17, 15) is 4.79 Å². The summed E-state index contributed by atoms with van der Waals surface area (Å²) in [7, 11) is 0. The number of nitrogens with one attached hydrogen (secondary N) is 1. The van der Waals surface area contributed by atoms with Gasteiger partial charge in [-0.2, -0.15) is 15.0 Å². The molecule has 0 saturated carbocycles. The van der Waals surface area contributed by atoms with Gasteiger partial charge in [-0.15, -0.1) is 0 Å². The lowest BCUT2D eigenvalue weighted by Crippen LogP contribution is -2.38. The highest BCUT2D eigenvalue weighted by atomic mass is 16.5. The van der Waals surface area contributed by atoms with Gasteiger partial charge in [0, 0.05) is 33.1 Å². The van der Waals surface area contributed by atoms with Crippen molar-refractivity contribution in [1.29, 1.82) is 0 Å². The lowest BCUT2D eigenvalue weighted by Gasteiger charge is -2.30. The zero-order valence-electron chi connectivity index (χ0n) is 14.7. The molecule has 0 unspecified atom stereocenters. The summed E-state index contributed by atoms with van der Waals surface area (Å²) in [4.78, 5) is 28.8. The van der Waals surface area contributed by atoms with E-state index in [-0.39, 0.29) is 5.91 Å². The van der Waals surface area contributed by atoms with Gasteiger partial charge in [0.15, 0.2) is 0 Å². The number of rotatable bonds is 6. The summed E-state index contributed by atoms with van der Waals surface area (Å²) in [6.07, 6.45) is 3.55. The molecule has 1 amide bonds. The lowest BCUT2D eigenvalue weighted by atomic mass is 10.1. The van der Waals surface area contributed by atoms with E-state index in [4.69, 9.17) is 9.47 Å². The van der Waals surface area contributed by atoms with Crippen LogP contribution < -0.4 is 19.9 Å². The molecule has 1 aromatic rings. The fraction of sp³-hybridized carbons (Fsp3) is 0.750. The lowest BCUT2D eigenvalue weighted by molar-refractivity contribution is -0.119. The number of carbonyl (C=O) groups excluding carboxylic acids is 1. The van der Waals surface area contributed by atoms with Crippen LogP contribution in [-0.2, 0) is 9.53 Å². The zero-order chi connectivity index (χ0) is 17.5. The number of aromatic nitrogens is 3. The van der Waals surface area contributed by atoms with Crippen LogP contribution in [-0.4, -0.2) is 73.4 Å². The molecule has 2 saturated heterocycles. The zero-order valence-corrected chi connectivity index (χ0v) is 14.7. The first kappa shape index (κ1) is 17.7. The number of amides is 1. The Morgan fingerprint density at radius 2 is 1.68 bits per heavy atom. The Hall–Kier alpha value is -2.16. The van der Waals surface area contributed by atoms with Crippen LogP contribution in [0.2, 0.25) is 0 Å². The first-order valence-corrected chi connectivity index (χ1v) is 8.93. The Morgan fingerprint density at radius 3 is 2.32 bits per heavy atom. The Labute approximate surface area is 147 Å². The molecule has 0 spiro atoms. The van der Waals surface area contributed by atoms with E-state index in [1.54, 1.807) is 0 Å². The fourth-order valence-electron chi connectivity index (χ4n) is 2.91. The molecule has 0 radical (unpaired) electrons. The third kappa shape index (κ3) is 5.15. The summed E-state index contributed by atoms with van der Waals surface area (Å²) in [5.74, 6) is 1.22. The highest BCUT2D eigenvalue weighted by Crippen LogP contribution is 2.21. The number of morpholine rings is 1. The van der Waals surface area contributed by atoms with Crippen molar-refractivity contribution < 1.29 is 14.3 Å². The highest BCUT2D eigenvalue weighted by molar-refractivity contribution is 5.72. The molecule has 0 aromatic carbocycles. The van der Waals surface area contributed by atoms with Gasteiger partial charge in [0.1, 0.15) is 6.61 Å². The summed E-state index contributed by atoms with van der Waals surface area (Å²) in [6.45, 7) is 7.00. The summed E-state index contributed by atoms with van der Waals surface area (Å²) in [5, 5.41) is 2.70. The normalized spacial score (nSPS) is 18.1. The van der Waals surface area contributed by atoms with Crippen LogP contribution in [0.4, 0.5) is 11.9 Å². The molecular weight excluding hydrogens is 324 g/mol. The molecule has 9 heteroatoms. The molecular formula is C16H26N6O3. The smallest absolute Gasteiger partial charge is 0.323 e. The summed E-state index contributed by atoms with van der Waals surface area (Å²) in [6, 6.07) is 0.308. The second-order valence-electron chi connectivity index (χ2n) is 6.20. The number of carbonyl (C=O) groups is 1. The van der Waals surface area contributed by atoms with E-state index in [2.05, 4.69) is 30.1 Å². The molecule has 2 fully saturated rings. The molecule has 0 atom stereocenters. The third-order valence-corrected chi connectivity index (χ3v) is 4.23. The van der Waals surface area contributed by atoms with Crippen molar-refractivity contribution in [3.8, 4) is 6.01 Å². The van der Waals surface area contributed by atoms with Crippen molar-refractivity contribution in [2.45, 2.75) is 26.2 Å². The molecule has 3 rings (SSSR count). The number of hydrogen-bond donors (Lipinski definition) is 1. The maximum absolute atomic E-state index is 10.9. The fourth-order valence-corrected chi connectivity index (χ4v) is 2.91. The summed E-state index contributed by atoms with van der Waals surface area (Å²) < 4.78 is 11.1. The van der Waals surface area contributed by atoms with Gasteiger partial charge in [-0.05, 0) is 19.3 Å². The molecule has 0 bridgehead atoms. The van der Waals surface area contributed by atoms with Gasteiger partial charge >= 0.3 is 6.01 Å². The first-order valence-electron chi connectivity index (χ1n) is 8.93. The molecule has 9 nitrogen and oxygen atoms in total. The van der Waals surface area contributed by atoms with Gasteiger partial charge in [0.2, 0.25) is 17.8 Å². The van der Waals surface area contributed by atoms with Crippen molar-refractivity contribution in [3.63, 3.8) is 0 Å². The van der Waals surface area contributed by atoms with Crippen molar-refractivity contribution in [1.82, 2.24) is 20.3 Å². The van der Waals surface area contributed by atoms with Crippen molar-refractivity contribution in [3.05, 3.63) is 0 Å². The van der Waals surface area contributed by atoms with Gasteiger partial charge in [-0.25, -0.2) is 0 Å². The maximum atomic E-state index is 10.9. The SMILES string of the molecule is CC(=O)NCCOc1nc(N2CCCCC2)nc(N2CCOCC2)n1. The van der Waals surface area contributed by atoms with Crippen LogP contribution in [0.25, 0.3) is 0 Å². The van der Waals surface area contributed by atoms with Crippen LogP contribution in [0.5, 0.6) is 6.01 Å². The largest absolute Gasteiger partial charge is 0.461 e. The molecule has 2 aliphatic rings. The van der Waals surface area contributed by atoms with E-state index in [0.717, 1.165) is 39.0 Å². The average Bonchev–Trinajstić information content (AvgIpc) is 2.66. The molecule has 25 heavy (non-hydrogen) atoms. The van der Waals surface area contributed by atoms with Gasteiger partial charge in [-0.1, -0.05) is 0 Å². The molecule has 1 N–H and O–H groups in total. The molecule has 2 aliphatic heterocycles. The minimum atomic E-state index is -0.0812. The van der Waals surface area contributed by atoms with Crippen LogP contribution in [0.1, 0.15) is 26.2 Å². The van der Waals surface area contributed by atoms with Gasteiger partial charge in [-0.3, -0.25) is 4.79 Å². The van der Waals surface area contributed by atoms with E-state index in [0.29, 0.717) is 44.3 Å². The Balaban J connectivity index is 1.73. The Kier molecular flexibility index (Phi) is 6.21. The standard InChI is InChI=1S/C16H26N6O3/c1-13(23)17-5-10-25-16-19-14(21-6-3-2-4-7-21)18-15(20-16)22-8-11-24-12-9-22/h2-12H2,1H3,(H,17,23). The molecule has 0 aliphatic carbocycles. The van der Waals surface area contributed by atoms with Gasteiger partial charge in [0.05, 0.1) is 19.8 Å².